The minimum absolute atomic E-state index is 0.131. The molecule has 2 amide bonds. The number of carbonyl (C=O) groups is 2. The van der Waals surface area contributed by atoms with Gasteiger partial charge in [-0.1, -0.05) is 29.4 Å². The highest BCUT2D eigenvalue weighted by molar-refractivity contribution is 7.98. The van der Waals surface area contributed by atoms with Gasteiger partial charge in [-0.05, 0) is 50.6 Å². The zero-order valence-corrected chi connectivity index (χ0v) is 18.3. The lowest BCUT2D eigenvalue weighted by Crippen LogP contribution is -2.27. The van der Waals surface area contributed by atoms with Crippen molar-refractivity contribution in [3.05, 3.63) is 76.7 Å². The first-order valence-electron chi connectivity index (χ1n) is 9.67. The molecule has 156 valence electrons. The summed E-state index contributed by atoms with van der Waals surface area (Å²) in [6.07, 6.45) is 0. The van der Waals surface area contributed by atoms with Gasteiger partial charge < -0.3 is 15.2 Å². The number of anilines is 1. The van der Waals surface area contributed by atoms with Gasteiger partial charge in [-0.2, -0.15) is 0 Å². The molecule has 2 N–H and O–H groups in total. The van der Waals surface area contributed by atoms with Crippen molar-refractivity contribution in [2.75, 3.05) is 5.32 Å². The number of aromatic nitrogens is 1. The second kappa shape index (κ2) is 9.63. The second-order valence-corrected chi connectivity index (χ2v) is 8.11. The van der Waals surface area contributed by atoms with Crippen molar-refractivity contribution in [3.8, 4) is 0 Å². The number of rotatable bonds is 7. The fraction of sp³-hybridized carbons (Fsp3) is 0.261. The molecule has 6 nitrogen and oxygen atoms in total. The van der Waals surface area contributed by atoms with Gasteiger partial charge in [0, 0.05) is 28.8 Å². The molecular formula is C23H25N3O3S. The lowest BCUT2D eigenvalue weighted by atomic mass is 10.1. The van der Waals surface area contributed by atoms with Gasteiger partial charge in [-0.3, -0.25) is 9.59 Å². The zero-order chi connectivity index (χ0) is 21.7. The summed E-state index contributed by atoms with van der Waals surface area (Å²) >= 11 is 1.59. The van der Waals surface area contributed by atoms with E-state index in [1.54, 1.807) is 11.8 Å². The molecule has 1 aromatic heterocycles. The molecular weight excluding hydrogens is 398 g/mol. The average molecular weight is 424 g/mol. The van der Waals surface area contributed by atoms with E-state index < -0.39 is 0 Å². The molecule has 2 aromatic carbocycles. The lowest BCUT2D eigenvalue weighted by molar-refractivity contribution is -0.114. The molecule has 1 heterocycles. The summed E-state index contributed by atoms with van der Waals surface area (Å²) in [6, 6.07) is 14.8. The minimum Gasteiger partial charge on any atom is -0.361 e. The van der Waals surface area contributed by atoms with Crippen LogP contribution >= 0.6 is 11.8 Å². The Morgan fingerprint density at radius 1 is 1.13 bits per heavy atom. The van der Waals surface area contributed by atoms with Crippen LogP contribution in [0.3, 0.4) is 0 Å². The highest BCUT2D eigenvalue weighted by atomic mass is 32.2. The summed E-state index contributed by atoms with van der Waals surface area (Å²) in [6.45, 7) is 7.20. The number of hydrogen-bond acceptors (Lipinski definition) is 5. The van der Waals surface area contributed by atoms with Crippen molar-refractivity contribution in [1.29, 1.82) is 0 Å². The Kier molecular flexibility index (Phi) is 6.95. The third kappa shape index (κ3) is 5.30. The summed E-state index contributed by atoms with van der Waals surface area (Å²) in [4.78, 5) is 25.2. The van der Waals surface area contributed by atoms with Crippen LogP contribution in [0.15, 0.2) is 57.9 Å². The smallest absolute Gasteiger partial charge is 0.252 e. The molecule has 0 aliphatic rings. The predicted molar refractivity (Wildman–Crippen MR) is 119 cm³/mol. The van der Waals surface area contributed by atoms with Crippen LogP contribution in [0.25, 0.3) is 0 Å². The van der Waals surface area contributed by atoms with Crippen molar-refractivity contribution >= 4 is 29.3 Å². The topological polar surface area (TPSA) is 84.2 Å². The number of hydrogen-bond donors (Lipinski definition) is 2. The molecule has 0 fully saturated rings. The standard InChI is InChI=1S/C23H25N3O3S/c1-14(18-8-7-9-19(12-18)25-17(4)27)24-23(28)20-10-5-6-11-22(20)30-13-21-15(2)26-29-16(21)3/h5-12,14H,13H2,1-4H3,(H,24,28)(H,25,27). The Morgan fingerprint density at radius 3 is 2.60 bits per heavy atom. The molecule has 1 atom stereocenters. The van der Waals surface area contributed by atoms with Crippen LogP contribution in [-0.2, 0) is 10.5 Å². The van der Waals surface area contributed by atoms with Crippen molar-refractivity contribution in [3.63, 3.8) is 0 Å². The first kappa shape index (κ1) is 21.6. The Hall–Kier alpha value is -3.06. The molecule has 3 aromatic rings. The fourth-order valence-corrected chi connectivity index (χ4v) is 4.29. The molecule has 3 rings (SSSR count). The highest BCUT2D eigenvalue weighted by Crippen LogP contribution is 2.29. The summed E-state index contributed by atoms with van der Waals surface area (Å²) < 4.78 is 5.23. The Balaban J connectivity index is 1.72. The monoisotopic (exact) mass is 423 g/mol. The molecule has 0 spiro atoms. The van der Waals surface area contributed by atoms with E-state index in [1.165, 1.54) is 6.92 Å². The normalized spacial score (nSPS) is 11.7. The molecule has 0 bridgehead atoms. The van der Waals surface area contributed by atoms with Crippen LogP contribution in [0.1, 0.15) is 52.8 Å². The van der Waals surface area contributed by atoms with Gasteiger partial charge >= 0.3 is 0 Å². The number of carbonyl (C=O) groups excluding carboxylic acids is 2. The first-order chi connectivity index (χ1) is 14.3. The van der Waals surface area contributed by atoms with Crippen LogP contribution in [0.5, 0.6) is 0 Å². The van der Waals surface area contributed by atoms with Gasteiger partial charge in [-0.15, -0.1) is 11.8 Å². The van der Waals surface area contributed by atoms with Crippen LogP contribution in [0.4, 0.5) is 5.69 Å². The molecule has 1 unspecified atom stereocenters. The van der Waals surface area contributed by atoms with E-state index in [0.717, 1.165) is 27.5 Å². The van der Waals surface area contributed by atoms with E-state index in [0.29, 0.717) is 17.0 Å². The Morgan fingerprint density at radius 2 is 1.90 bits per heavy atom. The predicted octanol–water partition coefficient (Wildman–Crippen LogP) is 5.03. The summed E-state index contributed by atoms with van der Waals surface area (Å²) in [5.74, 6) is 1.21. The van der Waals surface area contributed by atoms with Gasteiger partial charge in [-0.25, -0.2) is 0 Å². The number of benzene rings is 2. The second-order valence-electron chi connectivity index (χ2n) is 7.09. The largest absolute Gasteiger partial charge is 0.361 e. The molecule has 0 saturated heterocycles. The van der Waals surface area contributed by atoms with E-state index in [2.05, 4.69) is 15.8 Å². The zero-order valence-electron chi connectivity index (χ0n) is 17.5. The fourth-order valence-electron chi connectivity index (χ4n) is 3.08. The maximum absolute atomic E-state index is 13.0. The first-order valence-corrected chi connectivity index (χ1v) is 10.7. The van der Waals surface area contributed by atoms with Crippen molar-refractivity contribution < 1.29 is 14.1 Å². The Labute approximate surface area is 180 Å². The van der Waals surface area contributed by atoms with Gasteiger partial charge in [0.25, 0.3) is 5.91 Å². The highest BCUT2D eigenvalue weighted by Gasteiger charge is 2.17. The minimum atomic E-state index is -0.216. The van der Waals surface area contributed by atoms with Crippen molar-refractivity contribution in [1.82, 2.24) is 10.5 Å². The quantitative estimate of drug-likeness (QED) is 0.521. The SMILES string of the molecule is CC(=O)Nc1cccc(C(C)NC(=O)c2ccccc2SCc2c(C)noc2C)c1. The number of thioether (sulfide) groups is 1. The maximum atomic E-state index is 13.0. The van der Waals surface area contributed by atoms with Gasteiger partial charge in [0.05, 0.1) is 17.3 Å². The van der Waals surface area contributed by atoms with Crippen molar-refractivity contribution in [2.45, 2.75) is 44.4 Å². The lowest BCUT2D eigenvalue weighted by Gasteiger charge is -2.17. The molecule has 7 heteroatoms. The van der Waals surface area contributed by atoms with Crippen LogP contribution in [-0.4, -0.2) is 17.0 Å². The molecule has 30 heavy (non-hydrogen) atoms. The molecule has 0 aliphatic carbocycles. The van der Waals surface area contributed by atoms with E-state index in [1.807, 2.05) is 69.3 Å². The summed E-state index contributed by atoms with van der Waals surface area (Å²) in [5, 5.41) is 9.81. The van der Waals surface area contributed by atoms with Crippen LogP contribution < -0.4 is 10.6 Å². The third-order valence-electron chi connectivity index (χ3n) is 4.74. The van der Waals surface area contributed by atoms with Gasteiger partial charge in [0.2, 0.25) is 5.91 Å². The summed E-state index contributed by atoms with van der Waals surface area (Å²) in [5.41, 5.74) is 4.17. The average Bonchev–Trinajstić information content (AvgIpc) is 3.03. The molecule has 0 radical (unpaired) electrons. The summed E-state index contributed by atoms with van der Waals surface area (Å²) in [7, 11) is 0. The molecule has 0 saturated carbocycles. The van der Waals surface area contributed by atoms with Gasteiger partial charge in [0.15, 0.2) is 0 Å². The van der Waals surface area contributed by atoms with Crippen LogP contribution in [0, 0.1) is 13.8 Å². The van der Waals surface area contributed by atoms with Crippen LogP contribution in [0.2, 0.25) is 0 Å². The molecule has 0 aliphatic heterocycles. The van der Waals surface area contributed by atoms with E-state index >= 15 is 0 Å². The van der Waals surface area contributed by atoms with Crippen molar-refractivity contribution in [2.24, 2.45) is 0 Å². The van der Waals surface area contributed by atoms with E-state index in [4.69, 9.17) is 4.52 Å². The Bertz CT molecular complexity index is 1040. The number of nitrogens with one attached hydrogen (secondary N) is 2. The van der Waals surface area contributed by atoms with E-state index in [9.17, 15) is 9.59 Å². The number of aryl methyl sites for hydroxylation is 2. The van der Waals surface area contributed by atoms with E-state index in [-0.39, 0.29) is 17.9 Å². The third-order valence-corrected chi connectivity index (χ3v) is 5.84. The number of amides is 2. The number of nitrogens with zero attached hydrogens (tertiary/aromatic N) is 1. The van der Waals surface area contributed by atoms with Gasteiger partial charge in [0.1, 0.15) is 5.76 Å². The maximum Gasteiger partial charge on any atom is 0.252 e.